The topological polar surface area (TPSA) is 75.9 Å². The number of benzene rings is 2. The van der Waals surface area contributed by atoms with Gasteiger partial charge < -0.3 is 15.2 Å². The maximum absolute atomic E-state index is 5.68. The molecule has 0 aliphatic heterocycles. The second-order valence-corrected chi connectivity index (χ2v) is 6.89. The second kappa shape index (κ2) is 8.14. The van der Waals surface area contributed by atoms with Gasteiger partial charge in [-0.1, -0.05) is 41.6 Å². The summed E-state index contributed by atoms with van der Waals surface area (Å²) in [6, 6.07) is 19.9. The van der Waals surface area contributed by atoms with Gasteiger partial charge in [-0.15, -0.1) is 0 Å². The molecule has 0 saturated carbocycles. The van der Waals surface area contributed by atoms with E-state index in [2.05, 4.69) is 57.8 Å². The Balaban J connectivity index is 1.72. The second-order valence-electron chi connectivity index (χ2n) is 6.89. The van der Waals surface area contributed by atoms with E-state index < -0.39 is 0 Å². The van der Waals surface area contributed by atoms with E-state index in [1.807, 2.05) is 49.5 Å². The van der Waals surface area contributed by atoms with Crippen LogP contribution < -0.4 is 10.6 Å². The number of nitrogens with one attached hydrogen (secondary N) is 2. The highest BCUT2D eigenvalue weighted by Crippen LogP contribution is 2.29. The number of rotatable bonds is 6. The Morgan fingerprint density at radius 1 is 0.931 bits per heavy atom. The van der Waals surface area contributed by atoms with Gasteiger partial charge >= 0.3 is 0 Å². The number of hydrogen-bond acceptors (Lipinski definition) is 6. The van der Waals surface area contributed by atoms with Crippen molar-refractivity contribution >= 4 is 11.5 Å². The zero-order valence-corrected chi connectivity index (χ0v) is 16.7. The van der Waals surface area contributed by atoms with Crippen molar-refractivity contribution in [2.24, 2.45) is 0 Å². The number of aryl methyl sites for hydroxylation is 2. The lowest BCUT2D eigenvalue weighted by Gasteiger charge is -2.17. The van der Waals surface area contributed by atoms with Gasteiger partial charge in [0.25, 0.3) is 5.89 Å². The molecule has 0 aliphatic rings. The summed E-state index contributed by atoms with van der Waals surface area (Å²) in [5.41, 5.74) is 5.31. The van der Waals surface area contributed by atoms with Crippen LogP contribution in [0.1, 0.15) is 28.6 Å². The molecular formula is C23H23N5O. The Morgan fingerprint density at radius 2 is 1.76 bits per heavy atom. The summed E-state index contributed by atoms with van der Waals surface area (Å²) < 4.78 is 5.68. The van der Waals surface area contributed by atoms with Crippen molar-refractivity contribution in [2.45, 2.75) is 19.9 Å². The van der Waals surface area contributed by atoms with Crippen molar-refractivity contribution in [3.05, 3.63) is 89.4 Å². The highest BCUT2D eigenvalue weighted by atomic mass is 16.5. The van der Waals surface area contributed by atoms with E-state index in [0.29, 0.717) is 17.5 Å². The van der Waals surface area contributed by atoms with Crippen LogP contribution in [-0.4, -0.2) is 22.2 Å². The quantitative estimate of drug-likeness (QED) is 0.487. The Bertz CT molecular complexity index is 1110. The van der Waals surface area contributed by atoms with Crippen LogP contribution in [0.5, 0.6) is 0 Å². The molecule has 1 atom stereocenters. The zero-order valence-electron chi connectivity index (χ0n) is 16.7. The molecular weight excluding hydrogens is 362 g/mol. The highest BCUT2D eigenvalue weighted by molar-refractivity contribution is 5.69. The molecule has 0 radical (unpaired) electrons. The largest absolute Gasteiger partial charge is 0.373 e. The highest BCUT2D eigenvalue weighted by Gasteiger charge is 2.22. The van der Waals surface area contributed by atoms with E-state index in [9.17, 15) is 0 Å². The SMILES string of the molecule is CNc1ncccc1-c1noc(C(Nc2ccc(C)c(C)c2)c2ccccc2)n1. The zero-order chi connectivity index (χ0) is 20.2. The first-order valence-corrected chi connectivity index (χ1v) is 9.51. The molecule has 4 aromatic rings. The molecule has 6 nitrogen and oxygen atoms in total. The molecule has 4 rings (SSSR count). The van der Waals surface area contributed by atoms with Crippen LogP contribution >= 0.6 is 0 Å². The van der Waals surface area contributed by atoms with E-state index >= 15 is 0 Å². The van der Waals surface area contributed by atoms with E-state index in [1.54, 1.807) is 6.20 Å². The fraction of sp³-hybridized carbons (Fsp3) is 0.174. The molecule has 6 heteroatoms. The Hall–Kier alpha value is -3.67. The van der Waals surface area contributed by atoms with Crippen LogP contribution in [0.2, 0.25) is 0 Å². The van der Waals surface area contributed by atoms with E-state index in [0.717, 1.165) is 16.8 Å². The number of hydrogen-bond donors (Lipinski definition) is 2. The lowest BCUT2D eigenvalue weighted by molar-refractivity contribution is 0.372. The summed E-state index contributed by atoms with van der Waals surface area (Å²) in [6.45, 7) is 4.20. The number of anilines is 2. The first-order chi connectivity index (χ1) is 14.2. The summed E-state index contributed by atoms with van der Waals surface area (Å²) in [7, 11) is 1.82. The van der Waals surface area contributed by atoms with Gasteiger partial charge in [-0.3, -0.25) is 0 Å². The third-order valence-corrected chi connectivity index (χ3v) is 4.92. The van der Waals surface area contributed by atoms with Crippen LogP contribution in [0.4, 0.5) is 11.5 Å². The minimum Gasteiger partial charge on any atom is -0.373 e. The molecule has 0 amide bonds. The molecule has 146 valence electrons. The monoisotopic (exact) mass is 385 g/mol. The van der Waals surface area contributed by atoms with Gasteiger partial charge in [0.1, 0.15) is 11.9 Å². The van der Waals surface area contributed by atoms with Crippen molar-refractivity contribution in [2.75, 3.05) is 17.7 Å². The maximum atomic E-state index is 5.68. The Kier molecular flexibility index (Phi) is 5.24. The fourth-order valence-electron chi connectivity index (χ4n) is 3.18. The molecule has 0 saturated heterocycles. The predicted octanol–water partition coefficient (Wildman–Crippen LogP) is 4.99. The van der Waals surface area contributed by atoms with Crippen LogP contribution in [0.15, 0.2) is 71.4 Å². The molecule has 0 fully saturated rings. The summed E-state index contributed by atoms with van der Waals surface area (Å²) in [5.74, 6) is 1.70. The van der Waals surface area contributed by atoms with Crippen molar-refractivity contribution in [3.8, 4) is 11.4 Å². The number of aromatic nitrogens is 3. The molecule has 2 heterocycles. The molecule has 2 N–H and O–H groups in total. The molecule has 0 spiro atoms. The molecule has 29 heavy (non-hydrogen) atoms. The van der Waals surface area contributed by atoms with Gasteiger partial charge in [0.05, 0.1) is 5.56 Å². The Morgan fingerprint density at radius 3 is 2.52 bits per heavy atom. The lowest BCUT2D eigenvalue weighted by atomic mass is 10.0. The van der Waals surface area contributed by atoms with Crippen molar-refractivity contribution in [1.29, 1.82) is 0 Å². The normalized spacial score (nSPS) is 11.8. The smallest absolute Gasteiger partial charge is 0.254 e. The Labute approximate surface area is 170 Å². The standard InChI is InChI=1S/C23H23N5O/c1-15-11-12-18(14-16(15)2)26-20(17-8-5-4-6-9-17)23-27-22(28-29-23)19-10-7-13-25-21(19)24-3/h4-14,20,26H,1-3H3,(H,24,25). The first-order valence-electron chi connectivity index (χ1n) is 9.51. The van der Waals surface area contributed by atoms with Gasteiger partial charge in [-0.05, 0) is 54.8 Å². The molecule has 0 aliphatic carbocycles. The average Bonchev–Trinajstić information content (AvgIpc) is 3.25. The summed E-state index contributed by atoms with van der Waals surface area (Å²) in [5, 5.41) is 10.8. The third-order valence-electron chi connectivity index (χ3n) is 4.92. The van der Waals surface area contributed by atoms with E-state index in [1.165, 1.54) is 11.1 Å². The lowest BCUT2D eigenvalue weighted by Crippen LogP contribution is -2.13. The third kappa shape index (κ3) is 3.96. The number of pyridine rings is 1. The molecule has 2 aromatic heterocycles. The molecule has 0 bridgehead atoms. The molecule has 1 unspecified atom stereocenters. The predicted molar refractivity (Wildman–Crippen MR) is 115 cm³/mol. The molecule has 2 aromatic carbocycles. The van der Waals surface area contributed by atoms with Crippen LogP contribution in [0.25, 0.3) is 11.4 Å². The minimum absolute atomic E-state index is 0.269. The van der Waals surface area contributed by atoms with Gasteiger partial charge in [-0.25, -0.2) is 4.98 Å². The van der Waals surface area contributed by atoms with Crippen LogP contribution in [-0.2, 0) is 0 Å². The summed E-state index contributed by atoms with van der Waals surface area (Å²) in [4.78, 5) is 9.00. The van der Waals surface area contributed by atoms with Crippen molar-refractivity contribution < 1.29 is 4.52 Å². The summed E-state index contributed by atoms with van der Waals surface area (Å²) >= 11 is 0. The maximum Gasteiger partial charge on any atom is 0.254 e. The average molecular weight is 385 g/mol. The van der Waals surface area contributed by atoms with Crippen LogP contribution in [0, 0.1) is 13.8 Å². The minimum atomic E-state index is -0.269. The van der Waals surface area contributed by atoms with Crippen LogP contribution in [0.3, 0.4) is 0 Å². The van der Waals surface area contributed by atoms with Gasteiger partial charge in [0, 0.05) is 18.9 Å². The number of nitrogens with zero attached hydrogens (tertiary/aromatic N) is 3. The van der Waals surface area contributed by atoms with Gasteiger partial charge in [0.15, 0.2) is 0 Å². The van der Waals surface area contributed by atoms with Gasteiger partial charge in [0.2, 0.25) is 5.82 Å². The van der Waals surface area contributed by atoms with Crippen molar-refractivity contribution in [3.63, 3.8) is 0 Å². The van der Waals surface area contributed by atoms with E-state index in [4.69, 9.17) is 4.52 Å². The van der Waals surface area contributed by atoms with Gasteiger partial charge in [-0.2, -0.15) is 4.98 Å². The van der Waals surface area contributed by atoms with E-state index in [-0.39, 0.29) is 6.04 Å². The van der Waals surface area contributed by atoms with Crippen molar-refractivity contribution in [1.82, 2.24) is 15.1 Å². The first kappa shape index (κ1) is 18.7. The fourth-order valence-corrected chi connectivity index (χ4v) is 3.18. The summed E-state index contributed by atoms with van der Waals surface area (Å²) in [6.07, 6.45) is 1.73.